The normalized spacial score (nSPS) is 23.9. The highest BCUT2D eigenvalue weighted by molar-refractivity contribution is 5.95. The van der Waals surface area contributed by atoms with Crippen LogP contribution in [0.3, 0.4) is 0 Å². The van der Waals surface area contributed by atoms with Gasteiger partial charge in [-0.1, -0.05) is 0 Å². The average Bonchev–Trinajstić information content (AvgIpc) is 3.00. The predicted molar refractivity (Wildman–Crippen MR) is 169 cm³/mol. The number of aromatic nitrogens is 3. The molecule has 3 aliphatic heterocycles. The molecule has 1 unspecified atom stereocenters. The van der Waals surface area contributed by atoms with Gasteiger partial charge in [0.1, 0.15) is 11.9 Å². The summed E-state index contributed by atoms with van der Waals surface area (Å²) in [7, 11) is 0. The average molecular weight is 586 g/mol. The van der Waals surface area contributed by atoms with E-state index < -0.39 is 5.60 Å². The van der Waals surface area contributed by atoms with Gasteiger partial charge in [-0.15, -0.1) is 0 Å². The maximum atomic E-state index is 10.5. The maximum Gasteiger partial charge on any atom is 0.227 e. The van der Waals surface area contributed by atoms with Crippen molar-refractivity contribution in [2.75, 3.05) is 80.1 Å². The number of nitriles is 1. The molecular weight excluding hydrogens is 542 g/mol. The highest BCUT2D eigenvalue weighted by atomic mass is 16.5. The van der Waals surface area contributed by atoms with Crippen LogP contribution in [0.1, 0.15) is 32.0 Å². The van der Waals surface area contributed by atoms with Gasteiger partial charge in [0, 0.05) is 94.5 Å². The largest absolute Gasteiger partial charge is 0.389 e. The molecule has 3 saturated heterocycles. The zero-order chi connectivity index (χ0) is 30.1. The number of hydrogen-bond acceptors (Lipinski definition) is 11. The number of hydrogen-bond donors (Lipinski definition) is 2. The molecule has 5 heterocycles. The quantitative estimate of drug-likeness (QED) is 0.443. The summed E-state index contributed by atoms with van der Waals surface area (Å²) in [5.74, 6) is 1.71. The van der Waals surface area contributed by atoms with E-state index in [1.54, 1.807) is 6.20 Å². The van der Waals surface area contributed by atoms with Crippen molar-refractivity contribution < 1.29 is 9.84 Å². The number of aliphatic hydroxyl groups is 1. The van der Waals surface area contributed by atoms with E-state index in [2.05, 4.69) is 61.1 Å². The van der Waals surface area contributed by atoms with Gasteiger partial charge in [-0.25, -0.2) is 4.98 Å². The van der Waals surface area contributed by atoms with Gasteiger partial charge in [-0.3, -0.25) is 9.88 Å². The van der Waals surface area contributed by atoms with E-state index in [0.29, 0.717) is 12.1 Å². The Kier molecular flexibility index (Phi) is 8.38. The molecule has 11 nitrogen and oxygen atoms in total. The second-order valence-electron chi connectivity index (χ2n) is 12.7. The number of nitrogens with one attached hydrogen (secondary N) is 1. The number of benzene rings is 1. The van der Waals surface area contributed by atoms with Gasteiger partial charge >= 0.3 is 0 Å². The van der Waals surface area contributed by atoms with Crippen molar-refractivity contribution in [3.63, 3.8) is 0 Å². The number of aryl methyl sites for hydroxylation is 1. The first kappa shape index (κ1) is 29.5. The van der Waals surface area contributed by atoms with Crippen LogP contribution < -0.4 is 20.0 Å². The Morgan fingerprint density at radius 1 is 1.05 bits per heavy atom. The molecule has 0 amide bonds. The van der Waals surface area contributed by atoms with Gasteiger partial charge in [0.2, 0.25) is 5.95 Å². The number of morpholine rings is 1. The minimum atomic E-state index is -0.814. The summed E-state index contributed by atoms with van der Waals surface area (Å²) in [6.07, 6.45) is 1.94. The Morgan fingerprint density at radius 3 is 2.63 bits per heavy atom. The minimum Gasteiger partial charge on any atom is -0.389 e. The lowest BCUT2D eigenvalue weighted by atomic mass is 9.97. The smallest absolute Gasteiger partial charge is 0.227 e. The highest BCUT2D eigenvalue weighted by Gasteiger charge is 2.33. The summed E-state index contributed by atoms with van der Waals surface area (Å²) in [5, 5.41) is 24.5. The molecule has 11 heteroatoms. The molecule has 3 fully saturated rings. The van der Waals surface area contributed by atoms with Crippen LogP contribution in [0.15, 0.2) is 36.5 Å². The van der Waals surface area contributed by atoms with Crippen LogP contribution >= 0.6 is 0 Å². The van der Waals surface area contributed by atoms with Crippen LogP contribution in [0.25, 0.3) is 10.9 Å². The number of fused-ring (bicyclic) bond motifs is 1. The summed E-state index contributed by atoms with van der Waals surface area (Å²) in [4.78, 5) is 23.7. The van der Waals surface area contributed by atoms with Gasteiger partial charge in [-0.05, 0) is 52.0 Å². The molecule has 0 aliphatic carbocycles. The molecule has 1 aromatic carbocycles. The van der Waals surface area contributed by atoms with Gasteiger partial charge in [0.25, 0.3) is 0 Å². The number of pyridine rings is 1. The van der Waals surface area contributed by atoms with Gasteiger partial charge in [0.15, 0.2) is 0 Å². The van der Waals surface area contributed by atoms with Gasteiger partial charge in [-0.2, -0.15) is 10.2 Å². The molecular formula is C32H43N9O2. The van der Waals surface area contributed by atoms with Crippen molar-refractivity contribution in [1.29, 1.82) is 5.26 Å². The van der Waals surface area contributed by atoms with Crippen molar-refractivity contribution >= 4 is 28.4 Å². The van der Waals surface area contributed by atoms with Crippen LogP contribution in [-0.4, -0.2) is 114 Å². The lowest BCUT2D eigenvalue weighted by Gasteiger charge is -2.42. The van der Waals surface area contributed by atoms with E-state index in [1.165, 1.54) is 0 Å². The van der Waals surface area contributed by atoms with E-state index in [9.17, 15) is 10.4 Å². The molecule has 6 rings (SSSR count). The van der Waals surface area contributed by atoms with E-state index in [1.807, 2.05) is 32.9 Å². The van der Waals surface area contributed by atoms with Crippen LogP contribution in [-0.2, 0) is 4.74 Å². The first-order valence-corrected chi connectivity index (χ1v) is 15.4. The van der Waals surface area contributed by atoms with Crippen molar-refractivity contribution in [3.05, 3.63) is 47.8 Å². The molecule has 43 heavy (non-hydrogen) atoms. The fourth-order valence-corrected chi connectivity index (χ4v) is 6.56. The Balaban J connectivity index is 1.09. The number of nitrogens with zero attached hydrogens (tertiary/aromatic N) is 8. The number of anilines is 3. The third kappa shape index (κ3) is 6.53. The Labute approximate surface area is 254 Å². The molecule has 0 bridgehead atoms. The van der Waals surface area contributed by atoms with E-state index in [-0.39, 0.29) is 18.2 Å². The number of piperazine rings is 2. The Morgan fingerprint density at radius 2 is 1.86 bits per heavy atom. The van der Waals surface area contributed by atoms with Gasteiger partial charge in [0.05, 0.1) is 34.9 Å². The van der Waals surface area contributed by atoms with Crippen LogP contribution in [0.2, 0.25) is 0 Å². The topological polar surface area (TPSA) is 117 Å². The SMILES string of the molecule is Cc1cc(N2CCN(C[C@H]3CN(c4ccc(C#N)c5ncccc45)C[C@@H](C)O3)CC2)nc(N2CCNC(C(C)(C)O)C2)n1. The van der Waals surface area contributed by atoms with E-state index in [0.717, 1.165) is 93.0 Å². The number of ether oxygens (including phenoxy) is 1. The first-order chi connectivity index (χ1) is 20.7. The van der Waals surface area contributed by atoms with Crippen LogP contribution in [0.4, 0.5) is 17.5 Å². The monoisotopic (exact) mass is 585 g/mol. The van der Waals surface area contributed by atoms with E-state index in [4.69, 9.17) is 14.7 Å². The fourth-order valence-electron chi connectivity index (χ4n) is 6.56. The van der Waals surface area contributed by atoms with Crippen LogP contribution in [0.5, 0.6) is 0 Å². The van der Waals surface area contributed by atoms with Crippen LogP contribution in [0, 0.1) is 18.3 Å². The lowest BCUT2D eigenvalue weighted by Crippen LogP contribution is -2.59. The molecule has 3 atom stereocenters. The van der Waals surface area contributed by atoms with Crippen molar-refractivity contribution in [3.8, 4) is 6.07 Å². The minimum absolute atomic E-state index is 0.0368. The summed E-state index contributed by atoms with van der Waals surface area (Å²) >= 11 is 0. The van der Waals surface area contributed by atoms with E-state index >= 15 is 0 Å². The molecule has 0 radical (unpaired) electrons. The zero-order valence-corrected chi connectivity index (χ0v) is 25.7. The fraction of sp³-hybridized carbons (Fsp3) is 0.562. The first-order valence-electron chi connectivity index (χ1n) is 15.4. The third-order valence-electron chi connectivity index (χ3n) is 8.83. The predicted octanol–water partition coefficient (Wildman–Crippen LogP) is 2.17. The Hall–Kier alpha value is -3.56. The van der Waals surface area contributed by atoms with Crippen molar-refractivity contribution in [1.82, 2.24) is 25.2 Å². The second kappa shape index (κ2) is 12.2. The second-order valence-corrected chi connectivity index (χ2v) is 12.7. The lowest BCUT2D eigenvalue weighted by molar-refractivity contribution is -0.0327. The molecule has 0 saturated carbocycles. The third-order valence-corrected chi connectivity index (χ3v) is 8.83. The molecule has 3 aromatic rings. The highest BCUT2D eigenvalue weighted by Crippen LogP contribution is 2.30. The number of rotatable bonds is 6. The molecule has 0 spiro atoms. The zero-order valence-electron chi connectivity index (χ0n) is 25.7. The summed E-state index contributed by atoms with van der Waals surface area (Å²) in [6.45, 7) is 16.3. The molecule has 228 valence electrons. The standard InChI is InChI=1S/C32H43N9O2/c1-22-16-29(37-31(36-22)40-11-10-34-28(21-40)32(3,4)42)39-14-12-38(13-15-39)19-25-20-41(18-23(2)43-25)27-8-7-24(17-33)30-26(27)6-5-9-35-30/h5-9,16,23,25,28,34,42H,10-15,18-21H2,1-4H3/t23-,25+,28?/m1/s1. The summed E-state index contributed by atoms with van der Waals surface area (Å²) in [5.41, 5.74) is 2.61. The molecule has 3 aliphatic rings. The maximum absolute atomic E-state index is 10.5. The van der Waals surface area contributed by atoms with Gasteiger partial charge < -0.3 is 29.9 Å². The molecule has 2 aromatic heterocycles. The molecule has 2 N–H and O–H groups in total. The summed E-state index contributed by atoms with van der Waals surface area (Å²) < 4.78 is 6.43. The van der Waals surface area contributed by atoms with Crippen molar-refractivity contribution in [2.45, 2.75) is 51.5 Å². The van der Waals surface area contributed by atoms with Crippen molar-refractivity contribution in [2.24, 2.45) is 0 Å². The summed E-state index contributed by atoms with van der Waals surface area (Å²) in [6, 6.07) is 12.3. The Bertz CT molecular complexity index is 1480.